The zero-order valence-corrected chi connectivity index (χ0v) is 12.3. The highest BCUT2D eigenvalue weighted by atomic mass is 35.5. The van der Waals surface area contributed by atoms with Crippen molar-refractivity contribution in [1.82, 2.24) is 0 Å². The number of primary amides is 1. The summed E-state index contributed by atoms with van der Waals surface area (Å²) >= 11 is 6.17. The van der Waals surface area contributed by atoms with E-state index in [4.69, 9.17) is 27.8 Å². The van der Waals surface area contributed by atoms with Gasteiger partial charge in [0, 0.05) is 28.5 Å². The van der Waals surface area contributed by atoms with Gasteiger partial charge in [0.2, 0.25) is 0 Å². The van der Waals surface area contributed by atoms with Crippen LogP contribution in [0.4, 0.5) is 11.4 Å². The highest BCUT2D eigenvalue weighted by Gasteiger charge is 2.09. The van der Waals surface area contributed by atoms with Crippen molar-refractivity contribution in [1.29, 1.82) is 0 Å². The average Bonchev–Trinajstić information content (AvgIpc) is 2.46. The Morgan fingerprint density at radius 3 is 2.76 bits per heavy atom. The Morgan fingerprint density at radius 1 is 1.33 bits per heavy atom. The van der Waals surface area contributed by atoms with Crippen LogP contribution in [0.15, 0.2) is 36.4 Å². The third-order valence-electron chi connectivity index (χ3n) is 3.08. The Hall–Kier alpha value is -2.40. The number of anilines is 2. The molecule has 0 saturated carbocycles. The number of rotatable bonds is 5. The Kier molecular flexibility index (Phi) is 4.55. The summed E-state index contributed by atoms with van der Waals surface area (Å²) in [7, 11) is 1.59. The summed E-state index contributed by atoms with van der Waals surface area (Å²) in [4.78, 5) is 11.3. The van der Waals surface area contributed by atoms with Gasteiger partial charge in [0.1, 0.15) is 5.75 Å². The first-order chi connectivity index (χ1) is 10.0. The number of amides is 1. The van der Waals surface area contributed by atoms with Crippen molar-refractivity contribution >= 4 is 28.9 Å². The van der Waals surface area contributed by atoms with Gasteiger partial charge < -0.3 is 21.5 Å². The summed E-state index contributed by atoms with van der Waals surface area (Å²) in [6.07, 6.45) is 0. The predicted octanol–water partition coefficient (Wildman–Crippen LogP) is 2.64. The fraction of sp³-hybridized carbons (Fsp3) is 0.133. The molecule has 2 aromatic rings. The maximum absolute atomic E-state index is 11.3. The number of carbonyl (C=O) groups excluding carboxylic acids is 1. The molecular weight excluding hydrogens is 290 g/mol. The Balaban J connectivity index is 2.21. The molecule has 0 radical (unpaired) electrons. The lowest BCUT2D eigenvalue weighted by Crippen LogP contribution is -2.14. The van der Waals surface area contributed by atoms with E-state index in [1.54, 1.807) is 31.4 Å². The van der Waals surface area contributed by atoms with Gasteiger partial charge in [-0.05, 0) is 30.3 Å². The second-order valence-electron chi connectivity index (χ2n) is 4.44. The van der Waals surface area contributed by atoms with Crippen LogP contribution in [0, 0.1) is 0 Å². The van der Waals surface area contributed by atoms with Crippen LogP contribution in [-0.4, -0.2) is 13.0 Å². The van der Waals surface area contributed by atoms with Crippen LogP contribution < -0.4 is 21.5 Å². The largest absolute Gasteiger partial charge is 0.496 e. The van der Waals surface area contributed by atoms with E-state index in [1.807, 2.05) is 12.1 Å². The van der Waals surface area contributed by atoms with Crippen LogP contribution >= 0.6 is 11.6 Å². The lowest BCUT2D eigenvalue weighted by atomic mass is 10.1. The minimum atomic E-state index is -0.563. The molecule has 0 aliphatic heterocycles. The normalized spacial score (nSPS) is 10.2. The quantitative estimate of drug-likeness (QED) is 0.741. The zero-order valence-electron chi connectivity index (χ0n) is 11.5. The number of carbonyl (C=O) groups is 1. The number of hydrogen-bond donors (Lipinski definition) is 3. The third kappa shape index (κ3) is 3.38. The number of nitrogen functional groups attached to an aromatic ring is 1. The van der Waals surface area contributed by atoms with Crippen molar-refractivity contribution in [3.05, 3.63) is 52.5 Å². The van der Waals surface area contributed by atoms with Crippen LogP contribution in [-0.2, 0) is 6.54 Å². The zero-order chi connectivity index (χ0) is 15.4. The highest BCUT2D eigenvalue weighted by Crippen LogP contribution is 2.27. The van der Waals surface area contributed by atoms with Gasteiger partial charge in [0.05, 0.1) is 12.7 Å². The predicted molar refractivity (Wildman–Crippen MR) is 84.7 cm³/mol. The highest BCUT2D eigenvalue weighted by molar-refractivity contribution is 6.31. The van der Waals surface area contributed by atoms with Crippen LogP contribution in [0.3, 0.4) is 0 Å². The summed E-state index contributed by atoms with van der Waals surface area (Å²) in [5.74, 6) is 0.132. The van der Waals surface area contributed by atoms with E-state index in [2.05, 4.69) is 5.32 Å². The summed E-state index contributed by atoms with van der Waals surface area (Å²) in [5.41, 5.74) is 13.2. The molecule has 0 heterocycles. The molecule has 0 spiro atoms. The van der Waals surface area contributed by atoms with Gasteiger partial charge in [-0.1, -0.05) is 17.7 Å². The van der Waals surface area contributed by atoms with E-state index in [1.165, 1.54) is 0 Å². The van der Waals surface area contributed by atoms with Crippen LogP contribution in [0.1, 0.15) is 15.9 Å². The first-order valence-corrected chi connectivity index (χ1v) is 6.65. The molecular formula is C15H16ClN3O2. The number of benzene rings is 2. The maximum Gasteiger partial charge on any atom is 0.250 e. The number of halogens is 1. The molecule has 5 nitrogen and oxygen atoms in total. The fourth-order valence-corrected chi connectivity index (χ4v) is 2.20. The summed E-state index contributed by atoms with van der Waals surface area (Å²) in [5, 5.41) is 3.78. The number of hydrogen-bond acceptors (Lipinski definition) is 4. The molecule has 0 aliphatic carbocycles. The van der Waals surface area contributed by atoms with Crippen molar-refractivity contribution in [2.45, 2.75) is 6.54 Å². The Labute approximate surface area is 127 Å². The van der Waals surface area contributed by atoms with Crippen molar-refractivity contribution in [2.24, 2.45) is 5.73 Å². The van der Waals surface area contributed by atoms with Gasteiger partial charge >= 0.3 is 0 Å². The van der Waals surface area contributed by atoms with E-state index in [9.17, 15) is 4.79 Å². The van der Waals surface area contributed by atoms with E-state index < -0.39 is 5.91 Å². The number of ether oxygens (including phenoxy) is 1. The van der Waals surface area contributed by atoms with Gasteiger partial charge in [0.15, 0.2) is 0 Å². The van der Waals surface area contributed by atoms with Crippen molar-refractivity contribution in [3.63, 3.8) is 0 Å². The second-order valence-corrected chi connectivity index (χ2v) is 4.85. The standard InChI is InChI=1S/C15H16ClN3O2/c1-21-14-4-2-3-12(16)11(14)8-19-9-5-6-13(17)10(7-9)15(18)20/h2-7,19H,8,17H2,1H3,(H2,18,20). The molecule has 2 aromatic carbocycles. The molecule has 0 fully saturated rings. The van der Waals surface area contributed by atoms with Crippen molar-refractivity contribution < 1.29 is 9.53 Å². The number of nitrogens with two attached hydrogens (primary N) is 2. The summed E-state index contributed by atoms with van der Waals surface area (Å²) in [6.45, 7) is 0.449. The van der Waals surface area contributed by atoms with Crippen molar-refractivity contribution in [3.8, 4) is 5.75 Å². The van der Waals surface area contributed by atoms with E-state index in [0.29, 0.717) is 23.0 Å². The second kappa shape index (κ2) is 6.37. The molecule has 0 aromatic heterocycles. The average molecular weight is 306 g/mol. The first-order valence-electron chi connectivity index (χ1n) is 6.27. The molecule has 0 aliphatic rings. The molecule has 21 heavy (non-hydrogen) atoms. The Morgan fingerprint density at radius 2 is 2.10 bits per heavy atom. The fourth-order valence-electron chi connectivity index (χ4n) is 1.97. The topological polar surface area (TPSA) is 90.4 Å². The molecule has 0 unspecified atom stereocenters. The molecule has 2 rings (SSSR count). The van der Waals surface area contributed by atoms with Gasteiger partial charge in [-0.25, -0.2) is 0 Å². The van der Waals surface area contributed by atoms with E-state index in [0.717, 1.165) is 11.3 Å². The SMILES string of the molecule is COc1cccc(Cl)c1CNc1ccc(N)c(C(N)=O)c1. The van der Waals surface area contributed by atoms with E-state index >= 15 is 0 Å². The lowest BCUT2D eigenvalue weighted by Gasteiger charge is -2.13. The van der Waals surface area contributed by atoms with E-state index in [-0.39, 0.29) is 5.56 Å². The van der Waals surface area contributed by atoms with Crippen LogP contribution in [0.25, 0.3) is 0 Å². The van der Waals surface area contributed by atoms with Gasteiger partial charge in [0.25, 0.3) is 5.91 Å². The smallest absolute Gasteiger partial charge is 0.250 e. The molecule has 110 valence electrons. The molecule has 0 saturated heterocycles. The minimum Gasteiger partial charge on any atom is -0.496 e. The summed E-state index contributed by atoms with van der Waals surface area (Å²) in [6, 6.07) is 10.5. The molecule has 0 bridgehead atoms. The summed E-state index contributed by atoms with van der Waals surface area (Å²) < 4.78 is 5.28. The van der Waals surface area contributed by atoms with Crippen molar-refractivity contribution in [2.75, 3.05) is 18.2 Å². The van der Waals surface area contributed by atoms with Gasteiger partial charge in [-0.2, -0.15) is 0 Å². The lowest BCUT2D eigenvalue weighted by molar-refractivity contribution is 0.100. The number of methoxy groups -OCH3 is 1. The molecule has 0 atom stereocenters. The molecule has 1 amide bonds. The maximum atomic E-state index is 11.3. The Bertz CT molecular complexity index is 674. The van der Waals surface area contributed by atoms with Crippen LogP contribution in [0.2, 0.25) is 5.02 Å². The van der Waals surface area contributed by atoms with Gasteiger partial charge in [-0.15, -0.1) is 0 Å². The molecule has 5 N–H and O–H groups in total. The first kappa shape index (κ1) is 15.0. The molecule has 6 heteroatoms. The monoisotopic (exact) mass is 305 g/mol. The van der Waals surface area contributed by atoms with Gasteiger partial charge in [-0.3, -0.25) is 4.79 Å². The van der Waals surface area contributed by atoms with Crippen LogP contribution in [0.5, 0.6) is 5.75 Å². The number of nitrogens with one attached hydrogen (secondary N) is 1. The third-order valence-corrected chi connectivity index (χ3v) is 3.44. The minimum absolute atomic E-state index is 0.283.